The molecule has 0 aliphatic heterocycles. The quantitative estimate of drug-likeness (QED) is 0.355. The van der Waals surface area contributed by atoms with Crippen molar-refractivity contribution in [3.63, 3.8) is 0 Å². The second-order valence-electron chi connectivity index (χ2n) is 9.40. The minimum Gasteiger partial charge on any atom is -0.289 e. The Bertz CT molecular complexity index is 1300. The third kappa shape index (κ3) is 4.82. The maximum Gasteiger partial charge on any atom is 0.330 e. The molecule has 3 aromatic heterocycles. The summed E-state index contributed by atoms with van der Waals surface area (Å²) in [5.41, 5.74) is 3.97. The van der Waals surface area contributed by atoms with Gasteiger partial charge in [-0.3, -0.25) is 14.1 Å². The van der Waals surface area contributed by atoms with Gasteiger partial charge in [0, 0.05) is 22.9 Å². The predicted octanol–water partition coefficient (Wildman–Crippen LogP) is 5.08. The Morgan fingerprint density at radius 1 is 1.06 bits per heavy atom. The molecular weight excluding hydrogens is 450 g/mol. The average molecular weight is 480 g/mol. The number of aromatic nitrogens is 7. The number of nitrogens with one attached hydrogen (secondary N) is 1. The number of pyridine rings is 1. The number of benzene rings is 1. The summed E-state index contributed by atoms with van der Waals surface area (Å²) in [4.78, 5) is 18.0. The lowest BCUT2D eigenvalue weighted by molar-refractivity contribution is 0.380. The van der Waals surface area contributed by atoms with Gasteiger partial charge in [-0.15, -0.1) is 5.10 Å². The van der Waals surface area contributed by atoms with Crippen molar-refractivity contribution in [1.82, 2.24) is 34.7 Å². The molecule has 3 heterocycles. The molecule has 4 aromatic rings. The molecule has 0 radical (unpaired) electrons. The lowest BCUT2D eigenvalue weighted by Crippen LogP contribution is -2.35. The van der Waals surface area contributed by atoms with E-state index in [0.717, 1.165) is 53.8 Å². The number of nitrogens with zero attached hydrogens (tertiary/aromatic N) is 6. The van der Waals surface area contributed by atoms with E-state index in [4.69, 9.17) is 11.6 Å². The van der Waals surface area contributed by atoms with E-state index in [9.17, 15) is 4.79 Å². The molecule has 9 heteroatoms. The Hall–Kier alpha value is -3.26. The number of unbranched alkanes of at least 4 members (excludes halogenated alkanes) is 2. The third-order valence-electron chi connectivity index (χ3n) is 5.85. The fourth-order valence-corrected chi connectivity index (χ4v) is 4.66. The summed E-state index contributed by atoms with van der Waals surface area (Å²) in [7, 11) is 0. The summed E-state index contributed by atoms with van der Waals surface area (Å²) >= 11 is 6.74. The van der Waals surface area contributed by atoms with Gasteiger partial charge in [-0.05, 0) is 55.7 Å². The van der Waals surface area contributed by atoms with Crippen molar-refractivity contribution in [2.75, 3.05) is 0 Å². The molecule has 34 heavy (non-hydrogen) atoms. The van der Waals surface area contributed by atoms with Crippen LogP contribution in [0, 0.1) is 0 Å². The Morgan fingerprint density at radius 2 is 1.82 bits per heavy atom. The number of hydrogen-bond acceptors (Lipinski definition) is 5. The minimum atomic E-state index is -0.407. The molecular formula is C25H30ClN7O. The molecule has 0 saturated heterocycles. The SMILES string of the molecule is CCCCCc1c(Cl)n(C(C)(C)C)c(=O)n1Cc1ccc(-c2ccccc2-c2nnn[nH]2)cn1. The van der Waals surface area contributed by atoms with E-state index in [-0.39, 0.29) is 5.69 Å². The summed E-state index contributed by atoms with van der Waals surface area (Å²) in [6, 6.07) is 11.8. The maximum atomic E-state index is 13.4. The van der Waals surface area contributed by atoms with E-state index in [1.807, 2.05) is 63.4 Å². The van der Waals surface area contributed by atoms with Crippen molar-refractivity contribution < 1.29 is 0 Å². The van der Waals surface area contributed by atoms with Gasteiger partial charge in [0.2, 0.25) is 0 Å². The van der Waals surface area contributed by atoms with Crippen LogP contribution in [0.25, 0.3) is 22.5 Å². The first-order valence-electron chi connectivity index (χ1n) is 11.6. The second-order valence-corrected chi connectivity index (χ2v) is 9.76. The topological polar surface area (TPSA) is 94.3 Å². The molecule has 0 aliphatic rings. The molecule has 0 fully saturated rings. The van der Waals surface area contributed by atoms with Crippen molar-refractivity contribution >= 4 is 11.6 Å². The number of hydrogen-bond donors (Lipinski definition) is 1. The molecule has 8 nitrogen and oxygen atoms in total. The third-order valence-corrected chi connectivity index (χ3v) is 6.24. The zero-order chi connectivity index (χ0) is 24.3. The molecule has 178 valence electrons. The highest BCUT2D eigenvalue weighted by Crippen LogP contribution is 2.29. The van der Waals surface area contributed by atoms with E-state index in [2.05, 4.69) is 32.5 Å². The predicted molar refractivity (Wildman–Crippen MR) is 134 cm³/mol. The van der Waals surface area contributed by atoms with E-state index >= 15 is 0 Å². The number of H-pyrrole nitrogens is 1. The van der Waals surface area contributed by atoms with Gasteiger partial charge in [0.05, 0.1) is 17.9 Å². The average Bonchev–Trinajstić information content (AvgIpc) is 3.42. The smallest absolute Gasteiger partial charge is 0.289 e. The molecule has 4 rings (SSSR count). The van der Waals surface area contributed by atoms with Gasteiger partial charge in [-0.1, -0.05) is 61.7 Å². The number of rotatable bonds is 8. The molecule has 0 amide bonds. The lowest BCUT2D eigenvalue weighted by atomic mass is 10.0. The normalized spacial score (nSPS) is 11.8. The first-order valence-corrected chi connectivity index (χ1v) is 12.0. The first-order chi connectivity index (χ1) is 16.3. The number of tetrazole rings is 1. The molecule has 0 aliphatic carbocycles. The molecule has 1 N–H and O–H groups in total. The van der Waals surface area contributed by atoms with Gasteiger partial charge >= 0.3 is 5.69 Å². The summed E-state index contributed by atoms with van der Waals surface area (Å²) < 4.78 is 3.46. The van der Waals surface area contributed by atoms with Crippen LogP contribution in [0.4, 0.5) is 0 Å². The molecule has 0 saturated carbocycles. The maximum absolute atomic E-state index is 13.4. The Balaban J connectivity index is 1.67. The van der Waals surface area contributed by atoms with Crippen LogP contribution < -0.4 is 5.69 Å². The van der Waals surface area contributed by atoms with Gasteiger partial charge in [0.25, 0.3) is 0 Å². The highest BCUT2D eigenvalue weighted by Gasteiger charge is 2.26. The number of halogens is 1. The standard InChI is InChI=1S/C25H30ClN7O/c1-5-6-7-12-21-22(26)33(25(2,3)4)24(34)32(21)16-18-14-13-17(15-27-18)19-10-8-9-11-20(19)23-28-30-31-29-23/h8-11,13-15H,5-7,12,16H2,1-4H3,(H,28,29,30,31). The van der Waals surface area contributed by atoms with Gasteiger partial charge in [0.1, 0.15) is 5.15 Å². The van der Waals surface area contributed by atoms with Gasteiger partial charge < -0.3 is 0 Å². The van der Waals surface area contributed by atoms with Crippen LogP contribution in [0.2, 0.25) is 5.15 Å². The first kappa shape index (κ1) is 23.9. The van der Waals surface area contributed by atoms with Crippen LogP contribution in [-0.2, 0) is 18.5 Å². The van der Waals surface area contributed by atoms with Crippen LogP contribution in [0.5, 0.6) is 0 Å². The van der Waals surface area contributed by atoms with Crippen LogP contribution in [0.15, 0.2) is 47.4 Å². The Labute approximate surface area is 204 Å². The van der Waals surface area contributed by atoms with Crippen molar-refractivity contribution in [1.29, 1.82) is 0 Å². The van der Waals surface area contributed by atoms with Crippen molar-refractivity contribution in [2.24, 2.45) is 0 Å². The lowest BCUT2D eigenvalue weighted by Gasteiger charge is -2.20. The number of aromatic amines is 1. The zero-order valence-electron chi connectivity index (χ0n) is 20.0. The van der Waals surface area contributed by atoms with E-state index in [0.29, 0.717) is 17.5 Å². The monoisotopic (exact) mass is 479 g/mol. The van der Waals surface area contributed by atoms with E-state index in [1.165, 1.54) is 0 Å². The highest BCUT2D eigenvalue weighted by molar-refractivity contribution is 6.30. The Kier molecular flexibility index (Phi) is 6.97. The zero-order valence-corrected chi connectivity index (χ0v) is 20.8. The van der Waals surface area contributed by atoms with Crippen molar-refractivity contribution in [3.05, 3.63) is 69.6 Å². The van der Waals surface area contributed by atoms with Gasteiger partial charge in [-0.2, -0.15) is 0 Å². The molecule has 0 atom stereocenters. The summed E-state index contributed by atoms with van der Waals surface area (Å²) in [6.07, 6.45) is 5.78. The molecule has 0 spiro atoms. The second kappa shape index (κ2) is 9.93. The van der Waals surface area contributed by atoms with Gasteiger partial charge in [-0.25, -0.2) is 9.89 Å². The summed E-state index contributed by atoms with van der Waals surface area (Å²) in [5, 5.41) is 14.7. The Morgan fingerprint density at radius 3 is 2.44 bits per heavy atom. The summed E-state index contributed by atoms with van der Waals surface area (Å²) in [6.45, 7) is 8.52. The van der Waals surface area contributed by atoms with Crippen LogP contribution in [-0.4, -0.2) is 34.7 Å². The van der Waals surface area contributed by atoms with Gasteiger partial charge in [0.15, 0.2) is 5.82 Å². The van der Waals surface area contributed by atoms with E-state index < -0.39 is 5.54 Å². The summed E-state index contributed by atoms with van der Waals surface area (Å²) in [5.74, 6) is 0.598. The van der Waals surface area contributed by atoms with Crippen molar-refractivity contribution in [2.45, 2.75) is 65.5 Å². The molecule has 0 bridgehead atoms. The van der Waals surface area contributed by atoms with Crippen LogP contribution in [0.1, 0.15) is 58.3 Å². The van der Waals surface area contributed by atoms with Crippen molar-refractivity contribution in [3.8, 4) is 22.5 Å². The number of imidazole rings is 1. The molecule has 0 unspecified atom stereocenters. The fraction of sp³-hybridized carbons (Fsp3) is 0.400. The molecule has 1 aromatic carbocycles. The van der Waals surface area contributed by atoms with Crippen LogP contribution >= 0.6 is 11.6 Å². The van der Waals surface area contributed by atoms with Crippen LogP contribution in [0.3, 0.4) is 0 Å². The minimum absolute atomic E-state index is 0.0990. The fourth-order valence-electron chi connectivity index (χ4n) is 4.14. The van der Waals surface area contributed by atoms with E-state index in [1.54, 1.807) is 9.13 Å². The highest BCUT2D eigenvalue weighted by atomic mass is 35.5. The largest absolute Gasteiger partial charge is 0.330 e.